The Morgan fingerprint density at radius 1 is 1.00 bits per heavy atom. The third-order valence-corrected chi connectivity index (χ3v) is 5.90. The first-order valence-electron chi connectivity index (χ1n) is 9.21. The number of benzene rings is 1. The van der Waals surface area contributed by atoms with Gasteiger partial charge in [-0.05, 0) is 24.3 Å². The highest BCUT2D eigenvalue weighted by molar-refractivity contribution is 6.30. The van der Waals surface area contributed by atoms with Crippen molar-refractivity contribution in [2.24, 2.45) is 10.7 Å². The molecule has 0 aromatic heterocycles. The maximum absolute atomic E-state index is 6.28. The van der Waals surface area contributed by atoms with E-state index in [9.17, 15) is 0 Å². The normalized spacial score (nSPS) is 30.0. The molecule has 1 aromatic rings. The van der Waals surface area contributed by atoms with Gasteiger partial charge in [-0.25, -0.2) is 0 Å². The highest BCUT2D eigenvalue weighted by Gasteiger charge is 2.31. The average Bonchev–Trinajstić information content (AvgIpc) is 2.68. The first-order valence-corrected chi connectivity index (χ1v) is 9.58. The van der Waals surface area contributed by atoms with Gasteiger partial charge in [-0.2, -0.15) is 0 Å². The molecule has 0 radical (unpaired) electrons. The molecule has 4 heterocycles. The minimum atomic E-state index is 0.538. The maximum atomic E-state index is 6.28. The predicted octanol–water partition coefficient (Wildman–Crippen LogP) is 0.777. The number of anilines is 1. The van der Waals surface area contributed by atoms with Gasteiger partial charge < -0.3 is 15.5 Å². The number of nitrogens with zero attached hydrogens (tertiary/aromatic N) is 5. The molecule has 2 N–H and O–H groups in total. The standard InChI is InChI=1S/C18H27ClN6/c19-15-1-3-16(4-2-15)23-9-11-25(12-10-23)18(20)21-13-17-14-22-5-7-24(17)8-6-22/h1-4,17H,5-14H2,(H2,20,21). The van der Waals surface area contributed by atoms with Gasteiger partial charge in [-0.1, -0.05) is 11.6 Å². The Balaban J connectivity index is 1.29. The summed E-state index contributed by atoms with van der Waals surface area (Å²) in [5, 5.41) is 0.780. The van der Waals surface area contributed by atoms with E-state index in [0.29, 0.717) is 12.0 Å². The van der Waals surface area contributed by atoms with Gasteiger partial charge in [-0.15, -0.1) is 0 Å². The first-order chi connectivity index (χ1) is 12.2. The van der Waals surface area contributed by atoms with Crippen molar-refractivity contribution in [3.63, 3.8) is 0 Å². The van der Waals surface area contributed by atoms with Crippen LogP contribution < -0.4 is 10.6 Å². The molecular formula is C18H27ClN6. The molecule has 5 rings (SSSR count). The molecule has 1 atom stereocenters. The zero-order valence-electron chi connectivity index (χ0n) is 14.6. The van der Waals surface area contributed by atoms with Crippen molar-refractivity contribution < 1.29 is 0 Å². The van der Waals surface area contributed by atoms with Crippen LogP contribution in [0.4, 0.5) is 5.69 Å². The van der Waals surface area contributed by atoms with E-state index in [1.54, 1.807) is 0 Å². The number of piperazine rings is 4. The predicted molar refractivity (Wildman–Crippen MR) is 104 cm³/mol. The summed E-state index contributed by atoms with van der Waals surface area (Å²) in [5.41, 5.74) is 7.50. The Morgan fingerprint density at radius 3 is 2.28 bits per heavy atom. The lowest BCUT2D eigenvalue weighted by atomic mass is 10.1. The van der Waals surface area contributed by atoms with Crippen molar-refractivity contribution in [2.75, 3.05) is 70.3 Å². The number of hydrogen-bond donors (Lipinski definition) is 1. The van der Waals surface area contributed by atoms with Crippen molar-refractivity contribution in [2.45, 2.75) is 6.04 Å². The van der Waals surface area contributed by atoms with E-state index in [4.69, 9.17) is 22.3 Å². The minimum absolute atomic E-state index is 0.538. The van der Waals surface area contributed by atoms with Gasteiger partial charge in [-0.3, -0.25) is 14.8 Å². The van der Waals surface area contributed by atoms with Gasteiger partial charge in [0.15, 0.2) is 5.96 Å². The molecule has 7 heteroatoms. The monoisotopic (exact) mass is 362 g/mol. The molecule has 4 aliphatic heterocycles. The fourth-order valence-electron chi connectivity index (χ4n) is 4.04. The molecule has 6 nitrogen and oxygen atoms in total. The number of guanidine groups is 1. The molecular weight excluding hydrogens is 336 g/mol. The van der Waals surface area contributed by atoms with Crippen LogP contribution in [0.2, 0.25) is 5.02 Å². The average molecular weight is 363 g/mol. The van der Waals surface area contributed by atoms with E-state index < -0.39 is 0 Å². The number of aliphatic imine (C=N–C) groups is 1. The van der Waals surface area contributed by atoms with Gasteiger partial charge in [0.2, 0.25) is 0 Å². The van der Waals surface area contributed by atoms with Crippen molar-refractivity contribution in [1.29, 1.82) is 0 Å². The van der Waals surface area contributed by atoms with Gasteiger partial charge in [0, 0.05) is 75.7 Å². The van der Waals surface area contributed by atoms with E-state index in [-0.39, 0.29) is 0 Å². The molecule has 136 valence electrons. The molecule has 0 aliphatic carbocycles. The number of rotatable bonds is 3. The molecule has 0 spiro atoms. The van der Waals surface area contributed by atoms with E-state index in [0.717, 1.165) is 44.3 Å². The number of fused-ring (bicyclic) bond motifs is 3. The molecule has 0 saturated carbocycles. The zero-order valence-corrected chi connectivity index (χ0v) is 15.4. The van der Waals surface area contributed by atoms with Crippen molar-refractivity contribution in [3.8, 4) is 0 Å². The maximum Gasteiger partial charge on any atom is 0.191 e. The second-order valence-corrected chi connectivity index (χ2v) is 7.58. The first kappa shape index (κ1) is 16.9. The van der Waals surface area contributed by atoms with Crippen LogP contribution in [-0.4, -0.2) is 92.1 Å². The van der Waals surface area contributed by atoms with Crippen molar-refractivity contribution >= 4 is 23.2 Å². The molecule has 4 saturated heterocycles. The largest absolute Gasteiger partial charge is 0.370 e. The molecule has 0 amide bonds. The Kier molecular flexibility index (Phi) is 5.01. The number of nitrogens with two attached hydrogens (primary N) is 1. The van der Waals surface area contributed by atoms with Crippen LogP contribution in [0.1, 0.15) is 0 Å². The van der Waals surface area contributed by atoms with E-state index in [1.165, 1.54) is 31.9 Å². The fourth-order valence-corrected chi connectivity index (χ4v) is 4.17. The van der Waals surface area contributed by atoms with Crippen molar-refractivity contribution in [1.82, 2.24) is 14.7 Å². The Labute approximate surface area is 154 Å². The van der Waals surface area contributed by atoms with E-state index in [1.807, 2.05) is 12.1 Å². The summed E-state index contributed by atoms with van der Waals surface area (Å²) in [6.07, 6.45) is 0. The summed E-state index contributed by atoms with van der Waals surface area (Å²) in [6, 6.07) is 8.59. The molecule has 4 fully saturated rings. The topological polar surface area (TPSA) is 51.3 Å². The number of halogens is 1. The Bertz CT molecular complexity index is 602. The highest BCUT2D eigenvalue weighted by atomic mass is 35.5. The molecule has 2 bridgehead atoms. The van der Waals surface area contributed by atoms with E-state index >= 15 is 0 Å². The number of hydrogen-bond acceptors (Lipinski definition) is 4. The summed E-state index contributed by atoms with van der Waals surface area (Å²) in [6.45, 7) is 10.5. The second kappa shape index (κ2) is 7.40. The van der Waals surface area contributed by atoms with Crippen LogP contribution in [0.15, 0.2) is 29.3 Å². The summed E-state index contributed by atoms with van der Waals surface area (Å²) < 4.78 is 0. The highest BCUT2D eigenvalue weighted by Crippen LogP contribution is 2.19. The van der Waals surface area contributed by atoms with Gasteiger partial charge in [0.1, 0.15) is 0 Å². The van der Waals surface area contributed by atoms with Crippen LogP contribution in [-0.2, 0) is 0 Å². The summed E-state index contributed by atoms with van der Waals surface area (Å²) in [4.78, 5) is 14.4. The zero-order chi connectivity index (χ0) is 17.2. The van der Waals surface area contributed by atoms with E-state index in [2.05, 4.69) is 31.7 Å². The van der Waals surface area contributed by atoms with Crippen molar-refractivity contribution in [3.05, 3.63) is 29.3 Å². The smallest absolute Gasteiger partial charge is 0.191 e. The SMILES string of the molecule is NC(=NCC1CN2CCN1CC2)N1CCN(c2ccc(Cl)cc2)CC1. The van der Waals surface area contributed by atoms with Gasteiger partial charge >= 0.3 is 0 Å². The summed E-state index contributed by atoms with van der Waals surface area (Å²) in [5.74, 6) is 0.702. The lowest BCUT2D eigenvalue weighted by Gasteiger charge is -2.47. The fraction of sp³-hybridized carbons (Fsp3) is 0.611. The van der Waals surface area contributed by atoms with Crippen LogP contribution >= 0.6 is 11.6 Å². The minimum Gasteiger partial charge on any atom is -0.370 e. The van der Waals surface area contributed by atoms with Gasteiger partial charge in [0.05, 0.1) is 6.54 Å². The summed E-state index contributed by atoms with van der Waals surface area (Å²) >= 11 is 5.97. The molecule has 4 aliphatic rings. The summed E-state index contributed by atoms with van der Waals surface area (Å²) in [7, 11) is 0. The van der Waals surface area contributed by atoms with Crippen LogP contribution in [0.3, 0.4) is 0 Å². The van der Waals surface area contributed by atoms with Crippen LogP contribution in [0.25, 0.3) is 0 Å². The van der Waals surface area contributed by atoms with Gasteiger partial charge in [0.25, 0.3) is 0 Å². The Hall–Kier alpha value is -1.50. The molecule has 1 unspecified atom stereocenters. The lowest BCUT2D eigenvalue weighted by molar-refractivity contribution is 0.0173. The third kappa shape index (κ3) is 3.86. The Morgan fingerprint density at radius 2 is 1.68 bits per heavy atom. The van der Waals surface area contributed by atoms with Crippen LogP contribution in [0, 0.1) is 0 Å². The third-order valence-electron chi connectivity index (χ3n) is 5.65. The quantitative estimate of drug-likeness (QED) is 0.636. The molecule has 1 aromatic carbocycles. The molecule has 25 heavy (non-hydrogen) atoms. The second-order valence-electron chi connectivity index (χ2n) is 7.14. The lowest BCUT2D eigenvalue weighted by Crippen LogP contribution is -2.62. The van der Waals surface area contributed by atoms with Crippen LogP contribution in [0.5, 0.6) is 0 Å².